The summed E-state index contributed by atoms with van der Waals surface area (Å²) in [5.41, 5.74) is -0.0128. The first-order chi connectivity index (χ1) is 11.6. The van der Waals surface area contributed by atoms with Gasteiger partial charge in [0.1, 0.15) is 11.6 Å². The molecule has 1 aromatic carbocycles. The van der Waals surface area contributed by atoms with Crippen LogP contribution in [0.3, 0.4) is 0 Å². The first-order valence-electron chi connectivity index (χ1n) is 7.50. The summed E-state index contributed by atoms with van der Waals surface area (Å²) in [7, 11) is 0. The van der Waals surface area contributed by atoms with Gasteiger partial charge in [-0.15, -0.1) is 10.2 Å². The van der Waals surface area contributed by atoms with Crippen LogP contribution in [0.5, 0.6) is 0 Å². The summed E-state index contributed by atoms with van der Waals surface area (Å²) in [4.78, 5) is 11.8. The summed E-state index contributed by atoms with van der Waals surface area (Å²) >= 11 is 2.67. The van der Waals surface area contributed by atoms with E-state index < -0.39 is 11.6 Å². The first-order valence-corrected chi connectivity index (χ1v) is 9.30. The third kappa shape index (κ3) is 5.72. The number of carbonyl (C=O) groups excluding carboxylic acids is 1. The highest BCUT2D eigenvalue weighted by atomic mass is 32.2. The fraction of sp³-hybridized carbons (Fsp3) is 0.400. The predicted octanol–water partition coefficient (Wildman–Crippen LogP) is 3.09. The predicted molar refractivity (Wildman–Crippen MR) is 92.5 cm³/mol. The van der Waals surface area contributed by atoms with Crippen LogP contribution >= 0.6 is 23.1 Å². The number of halogens is 2. The van der Waals surface area contributed by atoms with Crippen molar-refractivity contribution in [2.24, 2.45) is 0 Å². The van der Waals surface area contributed by atoms with E-state index in [1.807, 2.05) is 0 Å². The van der Waals surface area contributed by atoms with Crippen molar-refractivity contribution in [3.8, 4) is 0 Å². The van der Waals surface area contributed by atoms with Gasteiger partial charge >= 0.3 is 0 Å². The molecule has 5 nitrogen and oxygen atoms in total. The molecule has 0 saturated heterocycles. The van der Waals surface area contributed by atoms with Gasteiger partial charge in [0.25, 0.3) is 0 Å². The number of rotatable bonds is 9. The second-order valence-electron chi connectivity index (χ2n) is 4.89. The molecule has 0 aliphatic heterocycles. The van der Waals surface area contributed by atoms with Crippen LogP contribution in [-0.4, -0.2) is 34.9 Å². The quantitative estimate of drug-likeness (QED) is 0.662. The van der Waals surface area contributed by atoms with Gasteiger partial charge in [0, 0.05) is 18.7 Å². The molecule has 0 fully saturated rings. The summed E-state index contributed by atoms with van der Waals surface area (Å²) in [6.07, 6.45) is 1.10. The van der Waals surface area contributed by atoms with Gasteiger partial charge in [-0.05, 0) is 25.0 Å². The first kappa shape index (κ1) is 18.6. The van der Waals surface area contributed by atoms with Crippen molar-refractivity contribution in [1.82, 2.24) is 15.5 Å². The highest BCUT2D eigenvalue weighted by Crippen LogP contribution is 2.25. The van der Waals surface area contributed by atoms with E-state index in [1.165, 1.54) is 41.3 Å². The maximum atomic E-state index is 13.5. The number of hydrogen-bond donors (Lipinski definition) is 2. The Bertz CT molecular complexity index is 661. The molecule has 0 aliphatic rings. The average Bonchev–Trinajstić information content (AvgIpc) is 3.01. The number of benzene rings is 1. The maximum absolute atomic E-state index is 13.5. The molecule has 2 aromatic rings. The second kappa shape index (κ2) is 9.53. The van der Waals surface area contributed by atoms with Gasteiger partial charge in [0.05, 0.1) is 5.75 Å². The van der Waals surface area contributed by atoms with Crippen LogP contribution in [0.1, 0.15) is 18.9 Å². The molecule has 0 atom stereocenters. The summed E-state index contributed by atoms with van der Waals surface area (Å²) in [5, 5.41) is 14.5. The number of anilines is 1. The van der Waals surface area contributed by atoms with Gasteiger partial charge < -0.3 is 10.6 Å². The zero-order valence-electron chi connectivity index (χ0n) is 13.1. The Labute approximate surface area is 147 Å². The molecular formula is C15H18F2N4OS2. The Morgan fingerprint density at radius 3 is 2.71 bits per heavy atom. The lowest BCUT2D eigenvalue weighted by Gasteiger charge is -2.06. The number of nitrogens with one attached hydrogen (secondary N) is 2. The zero-order chi connectivity index (χ0) is 17.4. The summed E-state index contributed by atoms with van der Waals surface area (Å²) in [6, 6.07) is 3.72. The van der Waals surface area contributed by atoms with Crippen molar-refractivity contribution in [3.63, 3.8) is 0 Å². The fourth-order valence-corrected chi connectivity index (χ4v) is 3.46. The van der Waals surface area contributed by atoms with E-state index in [0.29, 0.717) is 4.34 Å². The number of thioether (sulfide) groups is 1. The minimum absolute atomic E-state index is 0.0128. The van der Waals surface area contributed by atoms with E-state index in [9.17, 15) is 13.6 Å². The Balaban J connectivity index is 1.71. The molecular weight excluding hydrogens is 354 g/mol. The Hall–Kier alpha value is -1.74. The molecule has 1 amide bonds. The van der Waals surface area contributed by atoms with Gasteiger partial charge in [0.2, 0.25) is 11.0 Å². The van der Waals surface area contributed by atoms with Crippen LogP contribution in [0.25, 0.3) is 0 Å². The molecule has 2 rings (SSSR count). The lowest BCUT2D eigenvalue weighted by molar-refractivity contribution is -0.118. The molecule has 24 heavy (non-hydrogen) atoms. The minimum atomic E-state index is -0.598. The third-order valence-electron chi connectivity index (χ3n) is 3.02. The molecule has 0 aliphatic carbocycles. The van der Waals surface area contributed by atoms with Crippen molar-refractivity contribution in [3.05, 3.63) is 35.4 Å². The van der Waals surface area contributed by atoms with Crippen LogP contribution in [-0.2, 0) is 11.2 Å². The van der Waals surface area contributed by atoms with Crippen molar-refractivity contribution >= 4 is 34.1 Å². The monoisotopic (exact) mass is 372 g/mol. The van der Waals surface area contributed by atoms with Crippen LogP contribution in [0.15, 0.2) is 22.5 Å². The standard InChI is InChI=1S/C15H18F2N4OS2/c1-2-7-19-14-20-21-15(24-14)23-9-13(22)18-8-6-10-11(16)4-3-5-12(10)17/h3-5H,2,6-9H2,1H3,(H,18,22)(H,19,20). The van der Waals surface area contributed by atoms with Crippen LogP contribution in [0, 0.1) is 11.6 Å². The topological polar surface area (TPSA) is 66.9 Å². The summed E-state index contributed by atoms with van der Waals surface area (Å²) in [5.74, 6) is -1.23. The van der Waals surface area contributed by atoms with Gasteiger partial charge in [-0.2, -0.15) is 0 Å². The molecule has 0 saturated carbocycles. The van der Waals surface area contributed by atoms with E-state index >= 15 is 0 Å². The molecule has 0 bridgehead atoms. The molecule has 130 valence electrons. The Morgan fingerprint density at radius 2 is 2.00 bits per heavy atom. The van der Waals surface area contributed by atoms with Gasteiger partial charge in [-0.1, -0.05) is 36.1 Å². The van der Waals surface area contributed by atoms with E-state index in [1.54, 1.807) is 0 Å². The third-order valence-corrected chi connectivity index (χ3v) is 5.03. The smallest absolute Gasteiger partial charge is 0.230 e. The molecule has 9 heteroatoms. The van der Waals surface area contributed by atoms with E-state index in [-0.39, 0.29) is 30.2 Å². The van der Waals surface area contributed by atoms with E-state index in [0.717, 1.165) is 18.1 Å². The van der Waals surface area contributed by atoms with Crippen molar-refractivity contribution in [1.29, 1.82) is 0 Å². The molecule has 1 heterocycles. The summed E-state index contributed by atoms with van der Waals surface area (Å²) < 4.78 is 27.6. The van der Waals surface area contributed by atoms with Crippen LogP contribution < -0.4 is 10.6 Å². The molecule has 0 unspecified atom stereocenters. The maximum Gasteiger partial charge on any atom is 0.230 e. The number of carbonyl (C=O) groups is 1. The Morgan fingerprint density at radius 1 is 1.25 bits per heavy atom. The normalized spacial score (nSPS) is 10.6. The lowest BCUT2D eigenvalue weighted by atomic mass is 10.1. The SMILES string of the molecule is CCCNc1nnc(SCC(=O)NCCc2c(F)cccc2F)s1. The molecule has 0 spiro atoms. The number of amides is 1. The number of aromatic nitrogens is 2. The molecule has 0 radical (unpaired) electrons. The lowest BCUT2D eigenvalue weighted by Crippen LogP contribution is -2.27. The van der Waals surface area contributed by atoms with Gasteiger partial charge in [-0.3, -0.25) is 4.79 Å². The van der Waals surface area contributed by atoms with Gasteiger partial charge in [-0.25, -0.2) is 8.78 Å². The number of hydrogen-bond acceptors (Lipinski definition) is 6. The minimum Gasteiger partial charge on any atom is -0.360 e. The van der Waals surface area contributed by atoms with E-state index in [4.69, 9.17) is 0 Å². The number of nitrogens with zero attached hydrogens (tertiary/aromatic N) is 2. The van der Waals surface area contributed by atoms with E-state index in [2.05, 4.69) is 27.8 Å². The largest absolute Gasteiger partial charge is 0.360 e. The Kier molecular flexibility index (Phi) is 7.38. The van der Waals surface area contributed by atoms with Crippen LogP contribution in [0.4, 0.5) is 13.9 Å². The average molecular weight is 372 g/mol. The molecule has 1 aromatic heterocycles. The highest BCUT2D eigenvalue weighted by molar-refractivity contribution is 8.01. The second-order valence-corrected chi connectivity index (χ2v) is 7.09. The van der Waals surface area contributed by atoms with Gasteiger partial charge in [0.15, 0.2) is 4.34 Å². The zero-order valence-corrected chi connectivity index (χ0v) is 14.8. The van der Waals surface area contributed by atoms with Crippen molar-refractivity contribution in [2.75, 3.05) is 24.2 Å². The summed E-state index contributed by atoms with van der Waals surface area (Å²) in [6.45, 7) is 3.06. The fourth-order valence-electron chi connectivity index (χ4n) is 1.85. The molecule has 2 N–H and O–H groups in total. The van der Waals surface area contributed by atoms with Crippen LogP contribution in [0.2, 0.25) is 0 Å². The van der Waals surface area contributed by atoms with Crippen molar-refractivity contribution < 1.29 is 13.6 Å². The van der Waals surface area contributed by atoms with Crippen molar-refractivity contribution in [2.45, 2.75) is 24.1 Å². The highest BCUT2D eigenvalue weighted by Gasteiger charge is 2.10.